The largest absolute Gasteiger partial charge is 0.336 e. The highest BCUT2D eigenvalue weighted by molar-refractivity contribution is 5.84. The van der Waals surface area contributed by atoms with Gasteiger partial charge in [0.2, 0.25) is 5.91 Å². The van der Waals surface area contributed by atoms with Crippen molar-refractivity contribution in [2.45, 2.75) is 18.9 Å². The summed E-state index contributed by atoms with van der Waals surface area (Å²) in [4.78, 5) is 19.2. The summed E-state index contributed by atoms with van der Waals surface area (Å²) in [5, 5.41) is 3.30. The van der Waals surface area contributed by atoms with Crippen LogP contribution in [0.2, 0.25) is 0 Å². The smallest absolute Gasteiger partial charge is 0.230 e. The summed E-state index contributed by atoms with van der Waals surface area (Å²) >= 11 is 0. The van der Waals surface area contributed by atoms with E-state index in [-0.39, 0.29) is 17.8 Å². The molecule has 3 rings (SSSR count). The van der Waals surface area contributed by atoms with Crippen LogP contribution >= 0.6 is 0 Å². The minimum absolute atomic E-state index is 0.0652. The van der Waals surface area contributed by atoms with Crippen molar-refractivity contribution in [2.24, 2.45) is 7.05 Å². The van der Waals surface area contributed by atoms with Crippen molar-refractivity contribution >= 4 is 5.91 Å². The van der Waals surface area contributed by atoms with E-state index in [0.717, 1.165) is 12.4 Å². The second-order valence-corrected chi connectivity index (χ2v) is 5.89. The first-order valence-electron chi connectivity index (χ1n) is 7.82. The molecule has 0 bridgehead atoms. The molecule has 5 nitrogen and oxygen atoms in total. The fraction of sp³-hybridized carbons (Fsp3) is 0.412. The minimum Gasteiger partial charge on any atom is -0.336 e. The van der Waals surface area contributed by atoms with E-state index in [4.69, 9.17) is 0 Å². The molecule has 1 aliphatic heterocycles. The number of carbonyl (C=O) groups is 1. The first kappa shape index (κ1) is 15.7. The molecule has 0 saturated carbocycles. The van der Waals surface area contributed by atoms with E-state index in [1.54, 1.807) is 31.3 Å². The standard InChI is InChI=1S/C17H21FN4O/c1-12(13-5-3-4-6-14(13)18)17(23)22-10-7-19-11-15(22)16-20-8-9-21(16)2/h3-6,8-9,12,15,19H,7,10-11H2,1-2H3. The van der Waals surface area contributed by atoms with Gasteiger partial charge < -0.3 is 14.8 Å². The summed E-state index contributed by atoms with van der Waals surface area (Å²) in [7, 11) is 1.92. The van der Waals surface area contributed by atoms with Crippen molar-refractivity contribution in [1.82, 2.24) is 19.8 Å². The number of aromatic nitrogens is 2. The Hall–Kier alpha value is -2.21. The van der Waals surface area contributed by atoms with E-state index in [9.17, 15) is 9.18 Å². The van der Waals surface area contributed by atoms with Crippen LogP contribution in [-0.2, 0) is 11.8 Å². The summed E-state index contributed by atoms with van der Waals surface area (Å²) in [6.07, 6.45) is 3.60. The monoisotopic (exact) mass is 316 g/mol. The lowest BCUT2D eigenvalue weighted by Crippen LogP contribution is -2.50. The fourth-order valence-corrected chi connectivity index (χ4v) is 3.11. The number of carbonyl (C=O) groups excluding carboxylic acids is 1. The van der Waals surface area contributed by atoms with E-state index < -0.39 is 5.92 Å². The van der Waals surface area contributed by atoms with Gasteiger partial charge in [-0.1, -0.05) is 18.2 Å². The Bertz CT molecular complexity index is 699. The number of amides is 1. The molecule has 2 atom stereocenters. The normalized spacial score (nSPS) is 19.6. The zero-order valence-electron chi connectivity index (χ0n) is 13.4. The van der Waals surface area contributed by atoms with Gasteiger partial charge in [-0.3, -0.25) is 4.79 Å². The number of benzene rings is 1. The van der Waals surface area contributed by atoms with Gasteiger partial charge in [0.05, 0.1) is 5.92 Å². The second kappa shape index (κ2) is 6.50. The number of aryl methyl sites for hydroxylation is 1. The van der Waals surface area contributed by atoms with Crippen molar-refractivity contribution in [3.63, 3.8) is 0 Å². The minimum atomic E-state index is -0.517. The molecule has 6 heteroatoms. The maximum atomic E-state index is 14.0. The summed E-state index contributed by atoms with van der Waals surface area (Å²) in [5.74, 6) is -0.0787. The molecule has 2 aromatic rings. The number of imidazole rings is 1. The highest BCUT2D eigenvalue weighted by Crippen LogP contribution is 2.27. The molecule has 2 unspecified atom stereocenters. The van der Waals surface area contributed by atoms with Crippen LogP contribution in [0.4, 0.5) is 4.39 Å². The van der Waals surface area contributed by atoms with Gasteiger partial charge in [0.1, 0.15) is 17.7 Å². The molecule has 23 heavy (non-hydrogen) atoms. The molecule has 1 aromatic heterocycles. The zero-order chi connectivity index (χ0) is 16.4. The number of nitrogens with zero attached hydrogens (tertiary/aromatic N) is 3. The molecule has 1 N–H and O–H groups in total. The summed E-state index contributed by atoms with van der Waals surface area (Å²) in [5.41, 5.74) is 0.439. The van der Waals surface area contributed by atoms with Gasteiger partial charge in [-0.05, 0) is 18.6 Å². The van der Waals surface area contributed by atoms with Crippen molar-refractivity contribution in [2.75, 3.05) is 19.6 Å². The molecule has 1 aromatic carbocycles. The van der Waals surface area contributed by atoms with Gasteiger partial charge >= 0.3 is 0 Å². The fourth-order valence-electron chi connectivity index (χ4n) is 3.11. The predicted octanol–water partition coefficient (Wildman–Crippen LogP) is 1.84. The van der Waals surface area contributed by atoms with Crippen LogP contribution in [0, 0.1) is 5.82 Å². The zero-order valence-corrected chi connectivity index (χ0v) is 13.4. The third-order valence-electron chi connectivity index (χ3n) is 4.43. The lowest BCUT2D eigenvalue weighted by Gasteiger charge is -2.37. The third-order valence-corrected chi connectivity index (χ3v) is 4.43. The van der Waals surface area contributed by atoms with Crippen LogP contribution < -0.4 is 5.32 Å². The van der Waals surface area contributed by atoms with Crippen LogP contribution in [0.15, 0.2) is 36.7 Å². The first-order valence-corrected chi connectivity index (χ1v) is 7.82. The van der Waals surface area contributed by atoms with Gasteiger partial charge in [0, 0.05) is 39.1 Å². The third kappa shape index (κ3) is 2.99. The molecular weight excluding hydrogens is 295 g/mol. The Labute approximate surface area is 135 Å². The molecule has 1 amide bonds. The van der Waals surface area contributed by atoms with Gasteiger partial charge in [0.25, 0.3) is 0 Å². The molecule has 0 aliphatic carbocycles. The van der Waals surface area contributed by atoms with E-state index >= 15 is 0 Å². The van der Waals surface area contributed by atoms with E-state index in [0.29, 0.717) is 18.7 Å². The molecule has 0 radical (unpaired) electrons. The Morgan fingerprint density at radius 1 is 1.43 bits per heavy atom. The lowest BCUT2D eigenvalue weighted by atomic mass is 9.97. The maximum Gasteiger partial charge on any atom is 0.230 e. The van der Waals surface area contributed by atoms with Gasteiger partial charge in [-0.25, -0.2) is 9.37 Å². The Balaban J connectivity index is 1.87. The summed E-state index contributed by atoms with van der Waals surface area (Å²) in [6, 6.07) is 6.34. The van der Waals surface area contributed by atoms with Gasteiger partial charge in [0.15, 0.2) is 0 Å². The van der Waals surface area contributed by atoms with E-state index in [1.165, 1.54) is 6.07 Å². The highest BCUT2D eigenvalue weighted by Gasteiger charge is 2.33. The quantitative estimate of drug-likeness (QED) is 0.940. The number of hydrogen-bond donors (Lipinski definition) is 1. The number of rotatable bonds is 3. The van der Waals surface area contributed by atoms with Gasteiger partial charge in [-0.15, -0.1) is 0 Å². The number of halogens is 1. The van der Waals surface area contributed by atoms with Crippen molar-refractivity contribution < 1.29 is 9.18 Å². The van der Waals surface area contributed by atoms with Crippen LogP contribution in [0.25, 0.3) is 0 Å². The van der Waals surface area contributed by atoms with Crippen LogP contribution in [0.5, 0.6) is 0 Å². The Kier molecular flexibility index (Phi) is 4.43. The lowest BCUT2D eigenvalue weighted by molar-refractivity contribution is -0.136. The molecule has 122 valence electrons. The molecule has 1 aliphatic rings. The van der Waals surface area contributed by atoms with E-state index in [1.807, 2.05) is 22.7 Å². The summed E-state index contributed by atoms with van der Waals surface area (Å²) < 4.78 is 15.9. The van der Waals surface area contributed by atoms with Crippen molar-refractivity contribution in [3.8, 4) is 0 Å². The number of piperazine rings is 1. The molecule has 0 spiro atoms. The Morgan fingerprint density at radius 2 is 2.22 bits per heavy atom. The first-order chi connectivity index (χ1) is 11.1. The van der Waals surface area contributed by atoms with E-state index in [2.05, 4.69) is 10.3 Å². The SMILES string of the molecule is CC(C(=O)N1CCNCC1c1nccn1C)c1ccccc1F. The maximum absolute atomic E-state index is 14.0. The number of hydrogen-bond acceptors (Lipinski definition) is 3. The van der Waals surface area contributed by atoms with Crippen LogP contribution in [0.3, 0.4) is 0 Å². The van der Waals surface area contributed by atoms with Crippen LogP contribution in [0.1, 0.15) is 30.3 Å². The molecular formula is C17H21FN4O. The predicted molar refractivity (Wildman–Crippen MR) is 85.3 cm³/mol. The summed E-state index contributed by atoms with van der Waals surface area (Å²) in [6.45, 7) is 3.74. The van der Waals surface area contributed by atoms with Gasteiger partial charge in [-0.2, -0.15) is 0 Å². The van der Waals surface area contributed by atoms with Crippen molar-refractivity contribution in [1.29, 1.82) is 0 Å². The highest BCUT2D eigenvalue weighted by atomic mass is 19.1. The van der Waals surface area contributed by atoms with Crippen molar-refractivity contribution in [3.05, 3.63) is 53.9 Å². The van der Waals surface area contributed by atoms with Crippen LogP contribution in [-0.4, -0.2) is 40.0 Å². The number of nitrogens with one attached hydrogen (secondary N) is 1. The second-order valence-electron chi connectivity index (χ2n) is 5.89. The average Bonchev–Trinajstić information content (AvgIpc) is 3.00. The average molecular weight is 316 g/mol. The topological polar surface area (TPSA) is 50.2 Å². The Morgan fingerprint density at radius 3 is 2.91 bits per heavy atom. The molecule has 2 heterocycles. The molecule has 1 fully saturated rings. The molecule has 1 saturated heterocycles.